The van der Waals surface area contributed by atoms with Crippen molar-refractivity contribution in [3.63, 3.8) is 0 Å². The van der Waals surface area contributed by atoms with Gasteiger partial charge in [0.15, 0.2) is 0 Å². The Morgan fingerprint density at radius 1 is 1.21 bits per heavy atom. The Labute approximate surface area is 86.9 Å². The second kappa shape index (κ2) is 2.75. The fourth-order valence-corrected chi connectivity index (χ4v) is 4.20. The zero-order valence-electron chi connectivity index (χ0n) is 9.37. The lowest BCUT2D eigenvalue weighted by Gasteiger charge is -2.14. The van der Waals surface area contributed by atoms with Crippen molar-refractivity contribution in [2.24, 2.45) is 29.6 Å². The lowest BCUT2D eigenvalue weighted by molar-refractivity contribution is 0.0759. The summed E-state index contributed by atoms with van der Waals surface area (Å²) in [6.07, 6.45) is 6.66. The molecular weight excluding hydrogens is 172 g/mol. The zero-order valence-corrected chi connectivity index (χ0v) is 9.37. The van der Waals surface area contributed by atoms with E-state index in [1.54, 1.807) is 0 Å². The maximum Gasteiger partial charge on any atom is 0.0741 e. The van der Waals surface area contributed by atoms with Gasteiger partial charge in [0.25, 0.3) is 0 Å². The lowest BCUT2D eigenvalue weighted by atomic mass is 9.98. The molecule has 0 saturated heterocycles. The van der Waals surface area contributed by atoms with Crippen molar-refractivity contribution in [2.75, 3.05) is 0 Å². The van der Waals surface area contributed by atoms with Crippen LogP contribution in [0.2, 0.25) is 0 Å². The van der Waals surface area contributed by atoms with Crippen LogP contribution < -0.4 is 0 Å². The van der Waals surface area contributed by atoms with Crippen LogP contribution in [0.5, 0.6) is 0 Å². The third kappa shape index (κ3) is 1.11. The van der Waals surface area contributed by atoms with Crippen molar-refractivity contribution in [3.05, 3.63) is 0 Å². The van der Waals surface area contributed by atoms with Crippen LogP contribution in [0.4, 0.5) is 0 Å². The highest BCUT2D eigenvalue weighted by Gasteiger charge is 2.73. The van der Waals surface area contributed by atoms with Crippen LogP contribution in [0.15, 0.2) is 0 Å². The van der Waals surface area contributed by atoms with E-state index >= 15 is 0 Å². The average molecular weight is 194 g/mol. The Bertz CT molecular complexity index is 236. The van der Waals surface area contributed by atoms with Gasteiger partial charge in [0.1, 0.15) is 0 Å². The van der Waals surface area contributed by atoms with Crippen LogP contribution in [0, 0.1) is 29.6 Å². The summed E-state index contributed by atoms with van der Waals surface area (Å²) in [5, 5.41) is 10.5. The molecule has 0 aromatic heterocycles. The molecule has 0 heterocycles. The monoisotopic (exact) mass is 194 g/mol. The summed E-state index contributed by atoms with van der Waals surface area (Å²) >= 11 is 0. The van der Waals surface area contributed by atoms with E-state index in [0.29, 0.717) is 17.8 Å². The maximum absolute atomic E-state index is 10.5. The van der Waals surface area contributed by atoms with Gasteiger partial charge in [0.2, 0.25) is 0 Å². The number of rotatable bonds is 3. The van der Waals surface area contributed by atoms with Crippen LogP contribution in [-0.4, -0.2) is 10.7 Å². The minimum Gasteiger partial charge on any atom is -0.389 e. The minimum atomic E-state index is -0.169. The number of hydrogen-bond donors (Lipinski definition) is 1. The second-order valence-corrected chi connectivity index (χ2v) is 6.26. The summed E-state index contributed by atoms with van der Waals surface area (Å²) < 4.78 is 0. The molecule has 0 aliphatic heterocycles. The molecule has 0 radical (unpaired) electrons. The Hall–Kier alpha value is -0.0400. The normalized spacial score (nSPS) is 54.9. The van der Waals surface area contributed by atoms with Gasteiger partial charge >= 0.3 is 0 Å². The smallest absolute Gasteiger partial charge is 0.0741 e. The topological polar surface area (TPSA) is 20.2 Å². The molecule has 0 aromatic carbocycles. The van der Waals surface area contributed by atoms with E-state index in [9.17, 15) is 5.11 Å². The Kier molecular flexibility index (Phi) is 1.81. The maximum atomic E-state index is 10.5. The molecule has 2 unspecified atom stereocenters. The quantitative estimate of drug-likeness (QED) is 0.732. The van der Waals surface area contributed by atoms with Crippen molar-refractivity contribution in [3.8, 4) is 0 Å². The predicted octanol–water partition coefficient (Wildman–Crippen LogP) is 2.83. The average Bonchev–Trinajstić information content (AvgIpc) is 2.90. The van der Waals surface area contributed by atoms with Gasteiger partial charge < -0.3 is 5.11 Å². The third-order valence-corrected chi connectivity index (χ3v) is 4.89. The Morgan fingerprint density at radius 3 is 2.43 bits per heavy atom. The zero-order chi connectivity index (χ0) is 9.92. The molecule has 0 spiro atoms. The Balaban J connectivity index is 1.59. The van der Waals surface area contributed by atoms with Gasteiger partial charge in [-0.25, -0.2) is 0 Å². The van der Waals surface area contributed by atoms with Crippen molar-refractivity contribution >= 4 is 0 Å². The van der Waals surface area contributed by atoms with E-state index in [1.165, 1.54) is 32.1 Å². The molecule has 0 amide bonds. The van der Waals surface area contributed by atoms with Gasteiger partial charge in [-0.3, -0.25) is 0 Å². The van der Waals surface area contributed by atoms with Crippen molar-refractivity contribution < 1.29 is 5.11 Å². The molecule has 0 aromatic rings. The van der Waals surface area contributed by atoms with Crippen LogP contribution in [-0.2, 0) is 0 Å². The molecule has 3 aliphatic carbocycles. The summed E-state index contributed by atoms with van der Waals surface area (Å²) in [7, 11) is 0. The number of aliphatic hydroxyl groups is 1. The summed E-state index contributed by atoms with van der Waals surface area (Å²) in [5.41, 5.74) is -0.169. The SMILES string of the molecule is CC(C)C[C@@H]1C[C@H]1C1(O)C2CCCC21. The summed E-state index contributed by atoms with van der Waals surface area (Å²) in [5.74, 6) is 3.80. The van der Waals surface area contributed by atoms with E-state index in [-0.39, 0.29) is 5.60 Å². The van der Waals surface area contributed by atoms with Gasteiger partial charge in [-0.05, 0) is 55.3 Å². The summed E-state index contributed by atoms with van der Waals surface area (Å²) in [6.45, 7) is 4.60. The fourth-order valence-electron chi connectivity index (χ4n) is 4.20. The highest BCUT2D eigenvalue weighted by Crippen LogP contribution is 2.71. The van der Waals surface area contributed by atoms with E-state index in [0.717, 1.165) is 11.8 Å². The fraction of sp³-hybridized carbons (Fsp3) is 1.00. The van der Waals surface area contributed by atoms with Crippen LogP contribution >= 0.6 is 0 Å². The minimum absolute atomic E-state index is 0.169. The lowest BCUT2D eigenvalue weighted by Crippen LogP contribution is -2.20. The van der Waals surface area contributed by atoms with Gasteiger partial charge in [0, 0.05) is 0 Å². The highest BCUT2D eigenvalue weighted by atomic mass is 16.3. The first kappa shape index (κ1) is 9.21. The first-order valence-electron chi connectivity index (χ1n) is 6.36. The molecule has 3 rings (SSSR count). The molecular formula is C13H22O. The largest absolute Gasteiger partial charge is 0.389 e. The van der Waals surface area contributed by atoms with Gasteiger partial charge in [0.05, 0.1) is 5.60 Å². The second-order valence-electron chi connectivity index (χ2n) is 6.26. The molecule has 1 heteroatoms. The highest BCUT2D eigenvalue weighted by molar-refractivity contribution is 5.22. The molecule has 1 N–H and O–H groups in total. The standard InChI is InChI=1S/C13H22O/c1-8(2)6-9-7-12(9)13(14)10-4-3-5-11(10)13/h8-12,14H,3-7H2,1-2H3/t9-,10?,11?,12-,13?/m1/s1. The summed E-state index contributed by atoms with van der Waals surface area (Å²) in [4.78, 5) is 0. The van der Waals surface area contributed by atoms with Crippen LogP contribution in [0.1, 0.15) is 46.0 Å². The molecule has 4 atom stereocenters. The van der Waals surface area contributed by atoms with Crippen LogP contribution in [0.3, 0.4) is 0 Å². The van der Waals surface area contributed by atoms with E-state index in [1.807, 2.05) is 0 Å². The third-order valence-electron chi connectivity index (χ3n) is 4.89. The molecule has 0 bridgehead atoms. The number of fused-ring (bicyclic) bond motifs is 1. The molecule has 14 heavy (non-hydrogen) atoms. The van der Waals surface area contributed by atoms with Crippen molar-refractivity contribution in [1.29, 1.82) is 0 Å². The van der Waals surface area contributed by atoms with E-state index < -0.39 is 0 Å². The summed E-state index contributed by atoms with van der Waals surface area (Å²) in [6, 6.07) is 0. The predicted molar refractivity (Wildman–Crippen MR) is 56.8 cm³/mol. The Morgan fingerprint density at radius 2 is 1.86 bits per heavy atom. The van der Waals surface area contributed by atoms with Gasteiger partial charge in [-0.15, -0.1) is 0 Å². The van der Waals surface area contributed by atoms with Crippen molar-refractivity contribution in [2.45, 2.75) is 51.6 Å². The van der Waals surface area contributed by atoms with E-state index in [2.05, 4.69) is 13.8 Å². The molecule has 3 aliphatic rings. The molecule has 1 nitrogen and oxygen atoms in total. The first-order valence-corrected chi connectivity index (χ1v) is 6.36. The number of hydrogen-bond acceptors (Lipinski definition) is 1. The molecule has 3 fully saturated rings. The molecule has 3 saturated carbocycles. The molecule has 80 valence electrons. The van der Waals surface area contributed by atoms with E-state index in [4.69, 9.17) is 0 Å². The first-order chi connectivity index (χ1) is 6.64. The van der Waals surface area contributed by atoms with Gasteiger partial charge in [-0.2, -0.15) is 0 Å². The van der Waals surface area contributed by atoms with Gasteiger partial charge in [-0.1, -0.05) is 20.3 Å². The van der Waals surface area contributed by atoms with Crippen LogP contribution in [0.25, 0.3) is 0 Å². The van der Waals surface area contributed by atoms with Crippen molar-refractivity contribution in [1.82, 2.24) is 0 Å².